The Morgan fingerprint density at radius 1 is 1.39 bits per heavy atom. The molecule has 2 aliphatic rings. The SMILES string of the molecule is Cc1cnn2cc3c(nc12)N(C)[C@H]1COC[C@H]1O3. The fourth-order valence-electron chi connectivity index (χ4n) is 2.65. The maximum atomic E-state index is 5.95. The van der Waals surface area contributed by atoms with Gasteiger partial charge >= 0.3 is 0 Å². The molecule has 2 aliphatic heterocycles. The first-order valence-corrected chi connectivity index (χ1v) is 6.06. The molecule has 18 heavy (non-hydrogen) atoms. The summed E-state index contributed by atoms with van der Waals surface area (Å²) < 4.78 is 13.2. The van der Waals surface area contributed by atoms with Crippen molar-refractivity contribution in [2.24, 2.45) is 0 Å². The lowest BCUT2D eigenvalue weighted by Crippen LogP contribution is -2.47. The maximum absolute atomic E-state index is 5.95. The quantitative estimate of drug-likeness (QED) is 0.682. The van der Waals surface area contributed by atoms with Crippen molar-refractivity contribution in [1.29, 1.82) is 0 Å². The Hall–Kier alpha value is -1.82. The summed E-state index contributed by atoms with van der Waals surface area (Å²) in [5.74, 6) is 1.65. The molecule has 6 nitrogen and oxygen atoms in total. The normalized spacial score (nSPS) is 26.0. The third-order valence-electron chi connectivity index (χ3n) is 3.73. The van der Waals surface area contributed by atoms with Crippen LogP contribution in [0.3, 0.4) is 0 Å². The Morgan fingerprint density at radius 3 is 3.17 bits per heavy atom. The van der Waals surface area contributed by atoms with Crippen molar-refractivity contribution in [3.63, 3.8) is 0 Å². The summed E-state index contributed by atoms with van der Waals surface area (Å²) in [7, 11) is 2.04. The standard InChI is InChI=1S/C12H14N4O2/c1-7-3-13-16-4-9-12(14-11(7)16)15(2)8-5-17-6-10(8)18-9/h3-4,8,10H,5-6H2,1-2H3/t8-,10+/m0/s1. The third kappa shape index (κ3) is 1.21. The average molecular weight is 246 g/mol. The smallest absolute Gasteiger partial charge is 0.180 e. The molecule has 2 aromatic heterocycles. The van der Waals surface area contributed by atoms with Crippen LogP contribution in [0.15, 0.2) is 12.4 Å². The zero-order valence-corrected chi connectivity index (χ0v) is 10.3. The van der Waals surface area contributed by atoms with Gasteiger partial charge in [-0.1, -0.05) is 0 Å². The zero-order valence-electron chi connectivity index (χ0n) is 10.3. The van der Waals surface area contributed by atoms with Crippen LogP contribution in [0.5, 0.6) is 5.75 Å². The van der Waals surface area contributed by atoms with Crippen molar-refractivity contribution in [2.45, 2.75) is 19.1 Å². The molecule has 2 atom stereocenters. The second-order valence-electron chi connectivity index (χ2n) is 4.90. The van der Waals surface area contributed by atoms with Gasteiger partial charge in [0.25, 0.3) is 0 Å². The van der Waals surface area contributed by atoms with E-state index in [0.29, 0.717) is 13.2 Å². The summed E-state index contributed by atoms with van der Waals surface area (Å²) in [6, 6.07) is 0.260. The molecule has 0 unspecified atom stereocenters. The predicted octanol–water partition coefficient (Wildman–Crippen LogP) is 0.634. The van der Waals surface area contributed by atoms with Gasteiger partial charge in [-0.25, -0.2) is 9.50 Å². The number of rotatable bonds is 0. The average Bonchev–Trinajstić information content (AvgIpc) is 2.96. The lowest BCUT2D eigenvalue weighted by molar-refractivity contribution is 0.136. The van der Waals surface area contributed by atoms with Gasteiger partial charge in [0.2, 0.25) is 0 Å². The van der Waals surface area contributed by atoms with Crippen molar-refractivity contribution in [3.05, 3.63) is 18.0 Å². The minimum atomic E-state index is 0.0957. The first kappa shape index (κ1) is 10.1. The Kier molecular flexibility index (Phi) is 1.89. The number of likely N-dealkylation sites (N-methyl/N-ethyl adjacent to an activating group) is 1. The molecule has 4 heterocycles. The molecule has 0 aromatic carbocycles. The van der Waals surface area contributed by atoms with Crippen LogP contribution >= 0.6 is 0 Å². The van der Waals surface area contributed by atoms with Crippen molar-refractivity contribution in [2.75, 3.05) is 25.2 Å². The Balaban J connectivity index is 1.91. The van der Waals surface area contributed by atoms with Crippen LogP contribution in [0.25, 0.3) is 5.65 Å². The summed E-state index contributed by atoms with van der Waals surface area (Å²) in [6.07, 6.45) is 3.81. The number of hydrogen-bond acceptors (Lipinski definition) is 5. The van der Waals surface area contributed by atoms with E-state index in [9.17, 15) is 0 Å². The molecule has 0 bridgehead atoms. The number of aryl methyl sites for hydroxylation is 1. The molecule has 0 radical (unpaired) electrons. The minimum absolute atomic E-state index is 0.0957. The lowest BCUT2D eigenvalue weighted by atomic mass is 10.1. The molecule has 0 amide bonds. The fourth-order valence-corrected chi connectivity index (χ4v) is 2.65. The van der Waals surface area contributed by atoms with Crippen molar-refractivity contribution in [3.8, 4) is 5.75 Å². The largest absolute Gasteiger partial charge is 0.480 e. The molecule has 1 fully saturated rings. The highest BCUT2D eigenvalue weighted by Crippen LogP contribution is 2.36. The minimum Gasteiger partial charge on any atom is -0.480 e. The molecule has 94 valence electrons. The molecule has 0 saturated carbocycles. The van der Waals surface area contributed by atoms with Crippen LogP contribution in [-0.4, -0.2) is 47.0 Å². The molecule has 4 rings (SSSR count). The van der Waals surface area contributed by atoms with Gasteiger partial charge in [-0.05, 0) is 6.92 Å². The van der Waals surface area contributed by atoms with E-state index >= 15 is 0 Å². The first-order chi connectivity index (χ1) is 8.74. The number of aromatic nitrogens is 3. The zero-order chi connectivity index (χ0) is 12.3. The second kappa shape index (κ2) is 3.35. The highest BCUT2D eigenvalue weighted by molar-refractivity contribution is 5.61. The summed E-state index contributed by atoms with van der Waals surface area (Å²) in [6.45, 7) is 3.35. The highest BCUT2D eigenvalue weighted by Gasteiger charge is 2.39. The van der Waals surface area contributed by atoms with Crippen LogP contribution in [0.4, 0.5) is 5.82 Å². The summed E-state index contributed by atoms with van der Waals surface area (Å²) in [5.41, 5.74) is 1.94. The Morgan fingerprint density at radius 2 is 2.28 bits per heavy atom. The topological polar surface area (TPSA) is 51.9 Å². The van der Waals surface area contributed by atoms with Gasteiger partial charge in [-0.15, -0.1) is 0 Å². The van der Waals surface area contributed by atoms with E-state index in [2.05, 4.69) is 15.0 Å². The van der Waals surface area contributed by atoms with Gasteiger partial charge in [0.1, 0.15) is 6.10 Å². The third-order valence-corrected chi connectivity index (χ3v) is 3.73. The molecule has 6 heteroatoms. The van der Waals surface area contributed by atoms with Gasteiger partial charge in [0.05, 0.1) is 31.6 Å². The van der Waals surface area contributed by atoms with Gasteiger partial charge in [0.15, 0.2) is 17.2 Å². The van der Waals surface area contributed by atoms with Crippen LogP contribution in [-0.2, 0) is 4.74 Å². The Bertz CT molecular complexity index is 624. The van der Waals surface area contributed by atoms with E-state index in [1.54, 1.807) is 4.52 Å². The van der Waals surface area contributed by atoms with Gasteiger partial charge in [-0.2, -0.15) is 5.10 Å². The second-order valence-corrected chi connectivity index (χ2v) is 4.90. The van der Waals surface area contributed by atoms with E-state index in [-0.39, 0.29) is 12.1 Å². The number of fused-ring (bicyclic) bond motifs is 3. The van der Waals surface area contributed by atoms with Gasteiger partial charge in [-0.3, -0.25) is 0 Å². The predicted molar refractivity (Wildman–Crippen MR) is 65.2 cm³/mol. The molecular formula is C12H14N4O2. The number of nitrogens with zero attached hydrogens (tertiary/aromatic N) is 4. The van der Waals surface area contributed by atoms with Crippen LogP contribution in [0.2, 0.25) is 0 Å². The van der Waals surface area contributed by atoms with E-state index < -0.39 is 0 Å². The first-order valence-electron chi connectivity index (χ1n) is 6.06. The van der Waals surface area contributed by atoms with Crippen LogP contribution < -0.4 is 9.64 Å². The van der Waals surface area contributed by atoms with Crippen molar-refractivity contribution >= 4 is 11.5 Å². The highest BCUT2D eigenvalue weighted by atomic mass is 16.6. The monoisotopic (exact) mass is 246 g/mol. The van der Waals surface area contributed by atoms with E-state index in [4.69, 9.17) is 9.47 Å². The Labute approximate surface area is 104 Å². The number of anilines is 1. The molecule has 0 spiro atoms. The van der Waals surface area contributed by atoms with Gasteiger partial charge < -0.3 is 14.4 Å². The van der Waals surface area contributed by atoms with Crippen molar-refractivity contribution < 1.29 is 9.47 Å². The molecular weight excluding hydrogens is 232 g/mol. The van der Waals surface area contributed by atoms with E-state index in [0.717, 1.165) is 22.8 Å². The maximum Gasteiger partial charge on any atom is 0.180 e. The lowest BCUT2D eigenvalue weighted by Gasteiger charge is -2.35. The van der Waals surface area contributed by atoms with Crippen LogP contribution in [0, 0.1) is 6.92 Å². The molecule has 2 aromatic rings. The van der Waals surface area contributed by atoms with Gasteiger partial charge in [0, 0.05) is 12.6 Å². The molecule has 0 N–H and O–H groups in total. The van der Waals surface area contributed by atoms with Crippen molar-refractivity contribution in [1.82, 2.24) is 14.6 Å². The molecule has 1 saturated heterocycles. The van der Waals surface area contributed by atoms with Crippen LogP contribution in [0.1, 0.15) is 5.56 Å². The summed E-state index contributed by atoms with van der Waals surface area (Å²) >= 11 is 0. The van der Waals surface area contributed by atoms with E-state index in [1.165, 1.54) is 0 Å². The summed E-state index contributed by atoms with van der Waals surface area (Å²) in [4.78, 5) is 6.82. The molecule has 0 aliphatic carbocycles. The summed E-state index contributed by atoms with van der Waals surface area (Å²) in [5, 5.41) is 4.26. The fraction of sp³-hybridized carbons (Fsp3) is 0.500. The number of hydrogen-bond donors (Lipinski definition) is 0. The van der Waals surface area contributed by atoms with E-state index in [1.807, 2.05) is 26.4 Å². The number of ether oxygens (including phenoxy) is 2.